The van der Waals surface area contributed by atoms with E-state index in [1.165, 1.54) is 12.8 Å². The van der Waals surface area contributed by atoms with Crippen molar-refractivity contribution in [1.82, 2.24) is 10.6 Å². The predicted octanol–water partition coefficient (Wildman–Crippen LogP) is 2.77. The van der Waals surface area contributed by atoms with Gasteiger partial charge in [0.05, 0.1) is 14.2 Å². The molecule has 2 rings (SSSR count). The van der Waals surface area contributed by atoms with E-state index in [2.05, 4.69) is 17.6 Å². The molecule has 1 atom stereocenters. The van der Waals surface area contributed by atoms with Crippen molar-refractivity contribution in [3.05, 3.63) is 23.8 Å². The van der Waals surface area contributed by atoms with Crippen molar-refractivity contribution in [1.29, 1.82) is 0 Å². The summed E-state index contributed by atoms with van der Waals surface area (Å²) in [5.74, 6) is 2.58. The quantitative estimate of drug-likeness (QED) is 0.788. The second-order valence-electron chi connectivity index (χ2n) is 6.23. The zero-order chi connectivity index (χ0) is 16.7. The molecule has 0 aromatic heterocycles. The summed E-state index contributed by atoms with van der Waals surface area (Å²) in [4.78, 5) is 12.2. The standard InChI is InChI=1S/C18H28N2O3.ClH/c1-13(15-6-8-19-9-7-15)10-18(21)20-12-14-4-5-16(22-2)17(11-14)23-3;/h4-5,11,13,15,19H,6-10,12H2,1-3H3,(H,20,21);1H. The van der Waals surface area contributed by atoms with E-state index in [1.54, 1.807) is 14.2 Å². The SMILES string of the molecule is COc1ccc(CNC(=O)CC(C)C2CCNCC2)cc1OC.Cl. The van der Waals surface area contributed by atoms with Gasteiger partial charge in [0.15, 0.2) is 11.5 Å². The van der Waals surface area contributed by atoms with Crippen molar-refractivity contribution in [3.63, 3.8) is 0 Å². The van der Waals surface area contributed by atoms with Gasteiger partial charge in [-0.3, -0.25) is 4.79 Å². The highest BCUT2D eigenvalue weighted by Crippen LogP contribution is 2.27. The molecule has 1 saturated heterocycles. The average molecular weight is 357 g/mol. The second-order valence-corrected chi connectivity index (χ2v) is 6.23. The molecule has 0 bridgehead atoms. The Bertz CT molecular complexity index is 519. The van der Waals surface area contributed by atoms with Crippen LogP contribution in [-0.4, -0.2) is 33.2 Å². The molecule has 1 aliphatic heterocycles. The number of amides is 1. The van der Waals surface area contributed by atoms with Gasteiger partial charge in [0.2, 0.25) is 5.91 Å². The molecule has 0 radical (unpaired) electrons. The number of carbonyl (C=O) groups excluding carboxylic acids is 1. The number of benzene rings is 1. The van der Waals surface area contributed by atoms with Gasteiger partial charge >= 0.3 is 0 Å². The summed E-state index contributed by atoms with van der Waals surface area (Å²) in [5.41, 5.74) is 1.01. The molecule has 0 saturated carbocycles. The fourth-order valence-electron chi connectivity index (χ4n) is 3.14. The molecule has 24 heavy (non-hydrogen) atoms. The van der Waals surface area contributed by atoms with Crippen LogP contribution in [0.5, 0.6) is 11.5 Å². The summed E-state index contributed by atoms with van der Waals surface area (Å²) in [5, 5.41) is 6.37. The molecule has 1 unspecified atom stereocenters. The molecule has 0 spiro atoms. The third kappa shape index (κ3) is 5.87. The molecule has 2 N–H and O–H groups in total. The Kier molecular flexibility index (Phi) is 8.93. The molecule has 1 amide bonds. The van der Waals surface area contributed by atoms with Gasteiger partial charge in [-0.15, -0.1) is 12.4 Å². The van der Waals surface area contributed by atoms with Crippen LogP contribution in [0.1, 0.15) is 31.7 Å². The van der Waals surface area contributed by atoms with Gasteiger partial charge in [0, 0.05) is 13.0 Å². The Hall–Kier alpha value is -1.46. The average Bonchev–Trinajstić information content (AvgIpc) is 2.60. The van der Waals surface area contributed by atoms with Gasteiger partial charge in [-0.1, -0.05) is 13.0 Å². The zero-order valence-corrected chi connectivity index (χ0v) is 15.6. The monoisotopic (exact) mass is 356 g/mol. The maximum absolute atomic E-state index is 12.2. The Labute approximate surface area is 150 Å². The Morgan fingerprint density at radius 3 is 2.54 bits per heavy atom. The number of hydrogen-bond donors (Lipinski definition) is 2. The molecular weight excluding hydrogens is 328 g/mol. The van der Waals surface area contributed by atoms with Gasteiger partial charge in [0.1, 0.15) is 0 Å². The van der Waals surface area contributed by atoms with E-state index < -0.39 is 0 Å². The summed E-state index contributed by atoms with van der Waals surface area (Å²) in [6, 6.07) is 5.70. The predicted molar refractivity (Wildman–Crippen MR) is 98.0 cm³/mol. The van der Waals surface area contributed by atoms with Crippen LogP contribution in [0.2, 0.25) is 0 Å². The number of piperidine rings is 1. The first-order valence-corrected chi connectivity index (χ1v) is 8.32. The first-order chi connectivity index (χ1) is 11.1. The number of hydrogen-bond acceptors (Lipinski definition) is 4. The second kappa shape index (κ2) is 10.4. The number of ether oxygens (including phenoxy) is 2. The summed E-state index contributed by atoms with van der Waals surface area (Å²) in [6.07, 6.45) is 2.94. The maximum atomic E-state index is 12.2. The third-order valence-electron chi connectivity index (χ3n) is 4.63. The van der Waals surface area contributed by atoms with E-state index in [0.717, 1.165) is 18.7 Å². The largest absolute Gasteiger partial charge is 0.493 e. The van der Waals surface area contributed by atoms with E-state index >= 15 is 0 Å². The molecule has 6 heteroatoms. The van der Waals surface area contributed by atoms with Crippen molar-refractivity contribution in [2.75, 3.05) is 27.3 Å². The van der Waals surface area contributed by atoms with Crippen LogP contribution in [0.15, 0.2) is 18.2 Å². The Morgan fingerprint density at radius 1 is 1.25 bits per heavy atom. The molecule has 136 valence electrons. The smallest absolute Gasteiger partial charge is 0.220 e. The van der Waals surface area contributed by atoms with E-state index in [0.29, 0.717) is 36.3 Å². The van der Waals surface area contributed by atoms with Gasteiger partial charge in [0.25, 0.3) is 0 Å². The minimum Gasteiger partial charge on any atom is -0.493 e. The van der Waals surface area contributed by atoms with E-state index in [9.17, 15) is 4.79 Å². The van der Waals surface area contributed by atoms with E-state index in [-0.39, 0.29) is 18.3 Å². The first-order valence-electron chi connectivity index (χ1n) is 8.32. The van der Waals surface area contributed by atoms with Crippen molar-refractivity contribution >= 4 is 18.3 Å². The Morgan fingerprint density at radius 2 is 1.92 bits per heavy atom. The molecule has 1 aliphatic rings. The van der Waals surface area contributed by atoms with Crippen LogP contribution in [0.3, 0.4) is 0 Å². The molecule has 1 aromatic rings. The van der Waals surface area contributed by atoms with Crippen molar-refractivity contribution < 1.29 is 14.3 Å². The summed E-state index contributed by atoms with van der Waals surface area (Å²) >= 11 is 0. The lowest BCUT2D eigenvalue weighted by molar-refractivity contribution is -0.122. The lowest BCUT2D eigenvalue weighted by atomic mass is 9.84. The van der Waals surface area contributed by atoms with Crippen molar-refractivity contribution in [2.45, 2.75) is 32.7 Å². The van der Waals surface area contributed by atoms with Crippen LogP contribution >= 0.6 is 12.4 Å². The lowest BCUT2D eigenvalue weighted by Gasteiger charge is -2.27. The van der Waals surface area contributed by atoms with E-state index in [1.807, 2.05) is 18.2 Å². The molecule has 1 fully saturated rings. The number of methoxy groups -OCH3 is 2. The first kappa shape index (κ1) is 20.6. The van der Waals surface area contributed by atoms with Crippen molar-refractivity contribution in [3.8, 4) is 11.5 Å². The maximum Gasteiger partial charge on any atom is 0.220 e. The van der Waals surface area contributed by atoms with Crippen LogP contribution in [0.25, 0.3) is 0 Å². The normalized spacial score (nSPS) is 16.0. The molecule has 1 aromatic carbocycles. The zero-order valence-electron chi connectivity index (χ0n) is 14.8. The van der Waals surface area contributed by atoms with E-state index in [4.69, 9.17) is 9.47 Å². The molecule has 0 aliphatic carbocycles. The molecule has 5 nitrogen and oxygen atoms in total. The third-order valence-corrected chi connectivity index (χ3v) is 4.63. The summed E-state index contributed by atoms with van der Waals surface area (Å²) < 4.78 is 10.5. The number of rotatable bonds is 7. The fourth-order valence-corrected chi connectivity index (χ4v) is 3.14. The van der Waals surface area contributed by atoms with Gasteiger partial charge in [-0.05, 0) is 55.5 Å². The highest BCUT2D eigenvalue weighted by molar-refractivity contribution is 5.85. The van der Waals surface area contributed by atoms with Crippen LogP contribution < -0.4 is 20.1 Å². The highest BCUT2D eigenvalue weighted by atomic mass is 35.5. The Balaban J connectivity index is 0.00000288. The van der Waals surface area contributed by atoms with Gasteiger partial charge in [-0.25, -0.2) is 0 Å². The van der Waals surface area contributed by atoms with Gasteiger partial charge in [-0.2, -0.15) is 0 Å². The van der Waals surface area contributed by atoms with Gasteiger partial charge < -0.3 is 20.1 Å². The topological polar surface area (TPSA) is 59.6 Å². The van der Waals surface area contributed by atoms with Crippen LogP contribution in [0.4, 0.5) is 0 Å². The highest BCUT2D eigenvalue weighted by Gasteiger charge is 2.21. The van der Waals surface area contributed by atoms with Crippen LogP contribution in [0, 0.1) is 11.8 Å². The minimum atomic E-state index is 0. The van der Waals surface area contributed by atoms with Crippen LogP contribution in [-0.2, 0) is 11.3 Å². The molecular formula is C18H29ClN2O3. The number of halogens is 1. The summed E-state index contributed by atoms with van der Waals surface area (Å²) in [7, 11) is 3.22. The minimum absolute atomic E-state index is 0. The summed E-state index contributed by atoms with van der Waals surface area (Å²) in [6.45, 7) is 4.84. The molecule has 1 heterocycles. The number of carbonyl (C=O) groups is 1. The fraction of sp³-hybridized carbons (Fsp3) is 0.611. The van der Waals surface area contributed by atoms with Crippen molar-refractivity contribution in [2.24, 2.45) is 11.8 Å². The lowest BCUT2D eigenvalue weighted by Crippen LogP contribution is -2.33. The number of nitrogens with one attached hydrogen (secondary N) is 2.